The van der Waals surface area contributed by atoms with E-state index in [1.54, 1.807) is 6.92 Å². The van der Waals surface area contributed by atoms with E-state index in [0.717, 1.165) is 5.56 Å². The van der Waals surface area contributed by atoms with Crippen LogP contribution in [0.5, 0.6) is 5.75 Å². The topological polar surface area (TPSA) is 75.7 Å². The maximum atomic E-state index is 13.0. The fourth-order valence-electron chi connectivity index (χ4n) is 2.57. The van der Waals surface area contributed by atoms with Crippen LogP contribution in [0.3, 0.4) is 0 Å². The maximum absolute atomic E-state index is 13.0. The number of hydrogen-bond acceptors (Lipinski definition) is 4. The normalized spacial score (nSPS) is 14.0. The number of hydrogen-bond donors (Lipinski definition) is 1. The van der Waals surface area contributed by atoms with Gasteiger partial charge in [-0.25, -0.2) is 8.42 Å². The molecule has 3 rings (SSSR count). The highest BCUT2D eigenvalue weighted by Crippen LogP contribution is 2.37. The van der Waals surface area contributed by atoms with E-state index in [9.17, 15) is 13.2 Å². The maximum Gasteiger partial charge on any atom is 0.262 e. The smallest absolute Gasteiger partial charge is 0.262 e. The van der Waals surface area contributed by atoms with Gasteiger partial charge in [0.25, 0.3) is 5.91 Å². The Balaban J connectivity index is 1.97. The first-order valence-corrected chi connectivity index (χ1v) is 9.54. The van der Waals surface area contributed by atoms with Crippen molar-refractivity contribution in [3.8, 4) is 5.75 Å². The quantitative estimate of drug-likeness (QED) is 0.865. The van der Waals surface area contributed by atoms with Crippen LogP contribution in [0.15, 0.2) is 47.4 Å². The van der Waals surface area contributed by atoms with Crippen molar-refractivity contribution in [2.45, 2.75) is 18.4 Å². The lowest BCUT2D eigenvalue weighted by Gasteiger charge is -2.23. The number of amides is 1. The summed E-state index contributed by atoms with van der Waals surface area (Å²) in [6.07, 6.45) is 0. The first kappa shape index (κ1) is 17.7. The summed E-state index contributed by atoms with van der Waals surface area (Å²) in [5.41, 5.74) is 1.25. The Labute approximate surface area is 151 Å². The standard InChI is InChI=1S/C17H17ClN2O4S/c1-2-20(10-12-6-4-3-5-7-12)25(22,23)16-9-15-14(8-13(16)18)19-17(21)11-24-15/h3-9H,2,10-11H2,1H3,(H,19,21). The van der Waals surface area contributed by atoms with Crippen molar-refractivity contribution in [3.63, 3.8) is 0 Å². The third kappa shape index (κ3) is 3.63. The molecule has 1 aliphatic heterocycles. The number of ether oxygens (including phenoxy) is 1. The molecule has 1 aliphatic rings. The van der Waals surface area contributed by atoms with E-state index in [1.165, 1.54) is 16.4 Å². The van der Waals surface area contributed by atoms with E-state index in [1.807, 2.05) is 30.3 Å². The lowest BCUT2D eigenvalue weighted by molar-refractivity contribution is -0.118. The number of rotatable bonds is 5. The Morgan fingerprint density at radius 1 is 1.24 bits per heavy atom. The van der Waals surface area contributed by atoms with Crippen LogP contribution < -0.4 is 10.1 Å². The Morgan fingerprint density at radius 2 is 1.96 bits per heavy atom. The average Bonchev–Trinajstić information content (AvgIpc) is 2.59. The predicted molar refractivity (Wildman–Crippen MR) is 95.3 cm³/mol. The highest BCUT2D eigenvalue weighted by molar-refractivity contribution is 7.89. The predicted octanol–water partition coefficient (Wildman–Crippen LogP) is 2.88. The number of nitrogens with zero attached hydrogens (tertiary/aromatic N) is 1. The second kappa shape index (κ2) is 7.03. The molecule has 8 heteroatoms. The minimum atomic E-state index is -3.82. The van der Waals surface area contributed by atoms with Crippen molar-refractivity contribution in [2.24, 2.45) is 0 Å². The molecular weight excluding hydrogens is 364 g/mol. The van der Waals surface area contributed by atoms with Crippen LogP contribution in [0.2, 0.25) is 5.02 Å². The minimum Gasteiger partial charge on any atom is -0.482 e. The highest BCUT2D eigenvalue weighted by Gasteiger charge is 2.29. The molecule has 0 spiro atoms. The molecule has 1 amide bonds. The average molecular weight is 381 g/mol. The van der Waals surface area contributed by atoms with Gasteiger partial charge in [-0.15, -0.1) is 0 Å². The Morgan fingerprint density at radius 3 is 2.64 bits per heavy atom. The van der Waals surface area contributed by atoms with Gasteiger partial charge in [0, 0.05) is 19.2 Å². The molecule has 2 aromatic carbocycles. The molecule has 0 saturated heterocycles. The van der Waals surface area contributed by atoms with Gasteiger partial charge in [-0.2, -0.15) is 4.31 Å². The van der Waals surface area contributed by atoms with Gasteiger partial charge in [0.2, 0.25) is 10.0 Å². The summed E-state index contributed by atoms with van der Waals surface area (Å²) in [4.78, 5) is 11.3. The molecule has 0 aromatic heterocycles. The fourth-order valence-corrected chi connectivity index (χ4v) is 4.53. The third-order valence-corrected chi connectivity index (χ3v) is 6.22. The van der Waals surface area contributed by atoms with Gasteiger partial charge in [-0.1, -0.05) is 48.9 Å². The first-order chi connectivity index (χ1) is 11.9. The summed E-state index contributed by atoms with van der Waals surface area (Å²) in [6, 6.07) is 12.1. The van der Waals surface area contributed by atoms with E-state index < -0.39 is 10.0 Å². The third-order valence-electron chi connectivity index (χ3n) is 3.84. The van der Waals surface area contributed by atoms with Gasteiger partial charge in [-0.3, -0.25) is 4.79 Å². The molecule has 0 fully saturated rings. The van der Waals surface area contributed by atoms with E-state index >= 15 is 0 Å². The van der Waals surface area contributed by atoms with E-state index in [2.05, 4.69) is 5.32 Å². The summed E-state index contributed by atoms with van der Waals surface area (Å²) in [7, 11) is -3.82. The van der Waals surface area contributed by atoms with Crippen LogP contribution in [0.1, 0.15) is 12.5 Å². The summed E-state index contributed by atoms with van der Waals surface area (Å²) in [6.45, 7) is 2.14. The van der Waals surface area contributed by atoms with Gasteiger partial charge in [0.1, 0.15) is 10.6 Å². The van der Waals surface area contributed by atoms with Crippen molar-refractivity contribution in [3.05, 3.63) is 53.1 Å². The number of carbonyl (C=O) groups is 1. The summed E-state index contributed by atoms with van der Waals surface area (Å²) in [5, 5.41) is 2.64. The first-order valence-electron chi connectivity index (χ1n) is 7.72. The number of fused-ring (bicyclic) bond motifs is 1. The molecule has 1 heterocycles. The zero-order valence-electron chi connectivity index (χ0n) is 13.5. The van der Waals surface area contributed by atoms with Crippen molar-refractivity contribution in [1.82, 2.24) is 4.31 Å². The van der Waals surface area contributed by atoms with Crippen molar-refractivity contribution < 1.29 is 17.9 Å². The fraction of sp³-hybridized carbons (Fsp3) is 0.235. The van der Waals surface area contributed by atoms with Gasteiger partial charge >= 0.3 is 0 Å². The Bertz CT molecular complexity index is 900. The summed E-state index contributed by atoms with van der Waals surface area (Å²) in [5.74, 6) is -0.0169. The van der Waals surface area contributed by atoms with Crippen molar-refractivity contribution in [1.29, 1.82) is 0 Å². The summed E-state index contributed by atoms with van der Waals surface area (Å²) >= 11 is 6.18. The molecule has 1 N–H and O–H groups in total. The van der Waals surface area contributed by atoms with Crippen LogP contribution in [0.25, 0.3) is 0 Å². The lowest BCUT2D eigenvalue weighted by atomic mass is 10.2. The highest BCUT2D eigenvalue weighted by atomic mass is 35.5. The molecule has 0 atom stereocenters. The molecule has 2 aromatic rings. The molecular formula is C17H17ClN2O4S. The zero-order valence-corrected chi connectivity index (χ0v) is 15.1. The molecule has 0 aliphatic carbocycles. The van der Waals surface area contributed by atoms with Gasteiger partial charge in [-0.05, 0) is 11.6 Å². The van der Waals surface area contributed by atoms with Crippen LogP contribution in [-0.2, 0) is 21.4 Å². The van der Waals surface area contributed by atoms with Gasteiger partial charge in [0.15, 0.2) is 6.61 Å². The minimum absolute atomic E-state index is 0.0380. The number of halogens is 1. The monoisotopic (exact) mass is 380 g/mol. The zero-order chi connectivity index (χ0) is 18.0. The van der Waals surface area contributed by atoms with Crippen LogP contribution in [0.4, 0.5) is 5.69 Å². The van der Waals surface area contributed by atoms with E-state index in [4.69, 9.17) is 16.3 Å². The number of benzene rings is 2. The van der Waals surface area contributed by atoms with Crippen LogP contribution in [-0.4, -0.2) is 31.8 Å². The van der Waals surface area contributed by atoms with Gasteiger partial charge in [0.05, 0.1) is 10.7 Å². The number of carbonyl (C=O) groups excluding carboxylic acids is 1. The van der Waals surface area contributed by atoms with Gasteiger partial charge < -0.3 is 10.1 Å². The molecule has 6 nitrogen and oxygen atoms in total. The largest absolute Gasteiger partial charge is 0.482 e. The second-order valence-electron chi connectivity index (χ2n) is 5.53. The Kier molecular flexibility index (Phi) is 4.99. The van der Waals surface area contributed by atoms with Crippen molar-refractivity contribution >= 4 is 33.2 Å². The number of anilines is 1. The van der Waals surface area contributed by atoms with Crippen LogP contribution >= 0.6 is 11.6 Å². The second-order valence-corrected chi connectivity index (χ2v) is 7.85. The molecule has 0 unspecified atom stereocenters. The SMILES string of the molecule is CCN(Cc1ccccc1)S(=O)(=O)c1cc2c(cc1Cl)NC(=O)CO2. The number of nitrogens with one attached hydrogen (secondary N) is 1. The number of sulfonamides is 1. The van der Waals surface area contributed by atoms with E-state index in [0.29, 0.717) is 18.0 Å². The van der Waals surface area contributed by atoms with Crippen molar-refractivity contribution in [2.75, 3.05) is 18.5 Å². The molecule has 0 saturated carbocycles. The lowest BCUT2D eigenvalue weighted by Crippen LogP contribution is -2.31. The van der Waals surface area contributed by atoms with Crippen LogP contribution in [0, 0.1) is 0 Å². The molecule has 0 radical (unpaired) electrons. The Hall–Kier alpha value is -2.09. The molecule has 25 heavy (non-hydrogen) atoms. The van der Waals surface area contributed by atoms with E-state index in [-0.39, 0.29) is 29.0 Å². The summed E-state index contributed by atoms with van der Waals surface area (Å²) < 4.78 is 32.7. The molecule has 0 bridgehead atoms. The molecule has 132 valence electrons.